The second-order valence-corrected chi connectivity index (χ2v) is 5.50. The fraction of sp³-hybridized carbons (Fsp3) is 0.812. The van der Waals surface area contributed by atoms with Gasteiger partial charge >= 0.3 is 0 Å². The molecule has 1 atom stereocenters. The van der Waals surface area contributed by atoms with E-state index < -0.39 is 0 Å². The second-order valence-electron chi connectivity index (χ2n) is 5.50. The topological polar surface area (TPSA) is 43.8 Å². The van der Waals surface area contributed by atoms with Gasteiger partial charge in [-0.25, -0.2) is 4.98 Å². The van der Waals surface area contributed by atoms with Crippen LogP contribution >= 0.6 is 0 Å². The molecule has 3 heteroatoms. The Morgan fingerprint density at radius 2 is 1.74 bits per heavy atom. The second kappa shape index (κ2) is 10.0. The monoisotopic (exact) mass is 265 g/mol. The van der Waals surface area contributed by atoms with E-state index >= 15 is 0 Å². The van der Waals surface area contributed by atoms with Gasteiger partial charge in [-0.05, 0) is 12.8 Å². The molecule has 0 spiro atoms. The highest BCUT2D eigenvalue weighted by Gasteiger charge is 2.11. The largest absolute Gasteiger partial charge is 0.334 e. The Bertz CT molecular complexity index is 320. The Kier molecular flexibility index (Phi) is 8.55. The van der Waals surface area contributed by atoms with E-state index in [2.05, 4.69) is 23.4 Å². The summed E-state index contributed by atoms with van der Waals surface area (Å²) in [6.45, 7) is 5.48. The molecule has 19 heavy (non-hydrogen) atoms. The lowest BCUT2D eigenvalue weighted by Crippen LogP contribution is -2.16. The maximum Gasteiger partial charge on any atom is 0.125 e. The summed E-state index contributed by atoms with van der Waals surface area (Å²) in [5.74, 6) is 1.06. The maximum atomic E-state index is 6.25. The molecule has 0 aromatic carbocycles. The number of aryl methyl sites for hydroxylation is 1. The minimum Gasteiger partial charge on any atom is -0.334 e. The van der Waals surface area contributed by atoms with Crippen LogP contribution in [0, 0.1) is 0 Å². The average Bonchev–Trinajstić information content (AvgIpc) is 2.86. The van der Waals surface area contributed by atoms with Crippen molar-refractivity contribution in [3.05, 3.63) is 18.2 Å². The number of imidazole rings is 1. The molecule has 0 aliphatic carbocycles. The van der Waals surface area contributed by atoms with Gasteiger partial charge in [0.2, 0.25) is 0 Å². The van der Waals surface area contributed by atoms with Crippen LogP contribution in [0.5, 0.6) is 0 Å². The van der Waals surface area contributed by atoms with E-state index in [1.807, 2.05) is 12.4 Å². The maximum absolute atomic E-state index is 6.25. The molecule has 0 aliphatic heterocycles. The number of nitrogens with zero attached hydrogens (tertiary/aromatic N) is 2. The van der Waals surface area contributed by atoms with Crippen molar-refractivity contribution < 1.29 is 0 Å². The molecule has 0 radical (unpaired) electrons. The molecule has 0 bridgehead atoms. The van der Waals surface area contributed by atoms with E-state index in [4.69, 9.17) is 5.73 Å². The Labute approximate surface area is 118 Å². The van der Waals surface area contributed by atoms with Crippen LogP contribution in [0.3, 0.4) is 0 Å². The smallest absolute Gasteiger partial charge is 0.125 e. The van der Waals surface area contributed by atoms with Crippen molar-refractivity contribution in [2.24, 2.45) is 5.73 Å². The molecule has 1 aromatic rings. The lowest BCUT2D eigenvalue weighted by atomic mass is 10.1. The molecule has 0 aliphatic rings. The Morgan fingerprint density at radius 1 is 1.05 bits per heavy atom. The lowest BCUT2D eigenvalue weighted by Gasteiger charge is -2.13. The average molecular weight is 265 g/mol. The third-order valence-corrected chi connectivity index (χ3v) is 3.66. The van der Waals surface area contributed by atoms with E-state index in [1.165, 1.54) is 44.9 Å². The number of unbranched alkanes of at least 4 members (excludes halogenated alkanes) is 6. The Hall–Kier alpha value is -0.830. The molecular formula is C16H31N3. The number of hydrogen-bond acceptors (Lipinski definition) is 2. The van der Waals surface area contributed by atoms with Gasteiger partial charge in [0, 0.05) is 18.9 Å². The minimum absolute atomic E-state index is 0.109. The van der Waals surface area contributed by atoms with E-state index in [0.717, 1.165) is 25.2 Å². The number of aromatic nitrogens is 2. The van der Waals surface area contributed by atoms with E-state index in [9.17, 15) is 0 Å². The van der Waals surface area contributed by atoms with Crippen molar-refractivity contribution in [1.29, 1.82) is 0 Å². The SMILES string of the molecule is CCCCCCCCCC(N)c1nccn1CCC. The van der Waals surface area contributed by atoms with Gasteiger partial charge < -0.3 is 10.3 Å². The first-order valence-corrected chi connectivity index (χ1v) is 8.06. The predicted molar refractivity (Wildman–Crippen MR) is 82.1 cm³/mol. The van der Waals surface area contributed by atoms with Crippen molar-refractivity contribution in [3.8, 4) is 0 Å². The van der Waals surface area contributed by atoms with Gasteiger partial charge in [0.25, 0.3) is 0 Å². The van der Waals surface area contributed by atoms with Crippen LogP contribution in [0.2, 0.25) is 0 Å². The summed E-state index contributed by atoms with van der Waals surface area (Å²) in [6.07, 6.45) is 15.5. The Balaban J connectivity index is 2.16. The summed E-state index contributed by atoms with van der Waals surface area (Å²) >= 11 is 0. The quantitative estimate of drug-likeness (QED) is 0.601. The van der Waals surface area contributed by atoms with Crippen LogP contribution in [-0.4, -0.2) is 9.55 Å². The normalized spacial score (nSPS) is 12.8. The van der Waals surface area contributed by atoms with E-state index in [1.54, 1.807) is 0 Å². The molecule has 1 rings (SSSR count). The summed E-state index contributed by atoms with van der Waals surface area (Å²) in [5, 5.41) is 0. The summed E-state index contributed by atoms with van der Waals surface area (Å²) in [7, 11) is 0. The van der Waals surface area contributed by atoms with Gasteiger partial charge in [-0.3, -0.25) is 0 Å². The zero-order valence-corrected chi connectivity index (χ0v) is 12.8. The standard InChI is InChI=1S/C16H31N3/c1-3-5-6-7-8-9-10-11-15(17)16-18-12-14-19(16)13-4-2/h12,14-15H,3-11,13,17H2,1-2H3. The molecule has 0 saturated heterocycles. The molecule has 1 aromatic heterocycles. The van der Waals surface area contributed by atoms with Crippen LogP contribution in [0.25, 0.3) is 0 Å². The molecule has 1 unspecified atom stereocenters. The summed E-state index contributed by atoms with van der Waals surface area (Å²) < 4.78 is 2.20. The van der Waals surface area contributed by atoms with Crippen molar-refractivity contribution in [2.45, 2.75) is 84.2 Å². The van der Waals surface area contributed by atoms with Gasteiger partial charge in [0.15, 0.2) is 0 Å². The third-order valence-electron chi connectivity index (χ3n) is 3.66. The molecular weight excluding hydrogens is 234 g/mol. The van der Waals surface area contributed by atoms with Crippen molar-refractivity contribution in [1.82, 2.24) is 9.55 Å². The van der Waals surface area contributed by atoms with Crippen molar-refractivity contribution in [3.63, 3.8) is 0 Å². The fourth-order valence-electron chi connectivity index (χ4n) is 2.53. The minimum atomic E-state index is 0.109. The van der Waals surface area contributed by atoms with Crippen LogP contribution in [-0.2, 0) is 6.54 Å². The first kappa shape index (κ1) is 16.2. The summed E-state index contributed by atoms with van der Waals surface area (Å²) in [6, 6.07) is 0.109. The number of nitrogens with two attached hydrogens (primary N) is 1. The van der Waals surface area contributed by atoms with Gasteiger partial charge in [-0.2, -0.15) is 0 Å². The third kappa shape index (κ3) is 6.24. The number of hydrogen-bond donors (Lipinski definition) is 1. The zero-order chi connectivity index (χ0) is 13.9. The highest BCUT2D eigenvalue weighted by atomic mass is 15.1. The van der Waals surface area contributed by atoms with Gasteiger partial charge in [0.05, 0.1) is 6.04 Å². The first-order valence-electron chi connectivity index (χ1n) is 8.06. The molecule has 110 valence electrons. The predicted octanol–water partition coefficient (Wildman–Crippen LogP) is 4.43. The van der Waals surface area contributed by atoms with Crippen LogP contribution in [0.4, 0.5) is 0 Å². The lowest BCUT2D eigenvalue weighted by molar-refractivity contribution is 0.506. The number of rotatable bonds is 11. The molecule has 3 nitrogen and oxygen atoms in total. The Morgan fingerprint density at radius 3 is 2.42 bits per heavy atom. The van der Waals surface area contributed by atoms with Crippen LogP contribution in [0.1, 0.15) is 83.5 Å². The molecule has 0 fully saturated rings. The van der Waals surface area contributed by atoms with E-state index in [0.29, 0.717) is 0 Å². The first-order chi connectivity index (χ1) is 9.29. The van der Waals surface area contributed by atoms with Gasteiger partial charge in [-0.1, -0.05) is 58.8 Å². The molecule has 1 heterocycles. The zero-order valence-electron chi connectivity index (χ0n) is 12.8. The van der Waals surface area contributed by atoms with Crippen LogP contribution < -0.4 is 5.73 Å². The van der Waals surface area contributed by atoms with Gasteiger partial charge in [-0.15, -0.1) is 0 Å². The highest BCUT2D eigenvalue weighted by Crippen LogP contribution is 2.17. The fourth-order valence-corrected chi connectivity index (χ4v) is 2.53. The molecule has 2 N–H and O–H groups in total. The highest BCUT2D eigenvalue weighted by molar-refractivity contribution is 4.98. The summed E-state index contributed by atoms with van der Waals surface area (Å²) in [5.41, 5.74) is 6.25. The molecule has 0 amide bonds. The van der Waals surface area contributed by atoms with E-state index in [-0.39, 0.29) is 6.04 Å². The summed E-state index contributed by atoms with van der Waals surface area (Å²) in [4.78, 5) is 4.41. The molecule has 0 saturated carbocycles. The van der Waals surface area contributed by atoms with Crippen molar-refractivity contribution in [2.75, 3.05) is 0 Å². The van der Waals surface area contributed by atoms with Crippen molar-refractivity contribution >= 4 is 0 Å². The van der Waals surface area contributed by atoms with Crippen LogP contribution in [0.15, 0.2) is 12.4 Å². The van der Waals surface area contributed by atoms with Gasteiger partial charge in [0.1, 0.15) is 5.82 Å².